The molecule has 238 valence electrons. The first-order chi connectivity index (χ1) is 25.2. The van der Waals surface area contributed by atoms with Crippen LogP contribution in [0.5, 0.6) is 0 Å². The highest BCUT2D eigenvalue weighted by Gasteiger charge is 2.17. The number of para-hydroxylation sites is 1. The van der Waals surface area contributed by atoms with E-state index < -0.39 is 0 Å². The van der Waals surface area contributed by atoms with Gasteiger partial charge in [0.25, 0.3) is 0 Å². The minimum Gasteiger partial charge on any atom is -0.456 e. The van der Waals surface area contributed by atoms with Crippen molar-refractivity contribution >= 4 is 43.5 Å². The van der Waals surface area contributed by atoms with Crippen LogP contribution in [-0.2, 0) is 0 Å². The van der Waals surface area contributed by atoms with Gasteiger partial charge in [-0.05, 0) is 86.3 Å². The quantitative estimate of drug-likeness (QED) is 0.186. The van der Waals surface area contributed by atoms with Gasteiger partial charge in [0.1, 0.15) is 11.2 Å². The average molecular weight is 652 g/mol. The third-order valence-electron chi connectivity index (χ3n) is 9.69. The molecule has 2 aromatic heterocycles. The monoisotopic (exact) mass is 651 g/mol. The number of benzene rings is 8. The molecule has 2 heterocycles. The second-order valence-corrected chi connectivity index (χ2v) is 12.9. The predicted octanol–water partition coefficient (Wildman–Crippen LogP) is 12.4. The Balaban J connectivity index is 1.14. The van der Waals surface area contributed by atoms with E-state index in [4.69, 9.17) is 19.4 Å². The Morgan fingerprint density at radius 3 is 1.65 bits per heavy atom. The average Bonchev–Trinajstić information content (AvgIpc) is 3.58. The van der Waals surface area contributed by atoms with Crippen LogP contribution in [-0.4, -0.2) is 15.0 Å². The molecular formula is C47H29N3O. The Hall–Kier alpha value is -6.91. The number of fused-ring (bicyclic) bond motifs is 5. The van der Waals surface area contributed by atoms with Crippen LogP contribution in [0.2, 0.25) is 0 Å². The number of furan rings is 1. The van der Waals surface area contributed by atoms with E-state index in [0.29, 0.717) is 17.5 Å². The first-order valence-electron chi connectivity index (χ1n) is 17.1. The van der Waals surface area contributed by atoms with E-state index in [9.17, 15) is 0 Å². The molecule has 0 unspecified atom stereocenters. The van der Waals surface area contributed by atoms with Gasteiger partial charge in [0.15, 0.2) is 17.5 Å². The predicted molar refractivity (Wildman–Crippen MR) is 209 cm³/mol. The summed E-state index contributed by atoms with van der Waals surface area (Å²) in [6.07, 6.45) is 0. The third kappa shape index (κ3) is 5.22. The van der Waals surface area contributed by atoms with Crippen LogP contribution in [0.25, 0.3) is 99.9 Å². The van der Waals surface area contributed by atoms with E-state index in [1.54, 1.807) is 0 Å². The van der Waals surface area contributed by atoms with Gasteiger partial charge in [-0.1, -0.05) is 133 Å². The molecule has 0 radical (unpaired) electrons. The maximum Gasteiger partial charge on any atom is 0.164 e. The molecule has 4 nitrogen and oxygen atoms in total. The van der Waals surface area contributed by atoms with Crippen molar-refractivity contribution in [3.8, 4) is 56.4 Å². The lowest BCUT2D eigenvalue weighted by Crippen LogP contribution is -2.01. The lowest BCUT2D eigenvalue weighted by Gasteiger charge is -2.13. The first-order valence-corrected chi connectivity index (χ1v) is 17.1. The summed E-state index contributed by atoms with van der Waals surface area (Å²) in [7, 11) is 0. The van der Waals surface area contributed by atoms with Crippen molar-refractivity contribution in [1.29, 1.82) is 0 Å². The van der Waals surface area contributed by atoms with Crippen molar-refractivity contribution in [2.75, 3.05) is 0 Å². The van der Waals surface area contributed by atoms with Crippen molar-refractivity contribution in [2.45, 2.75) is 0 Å². The zero-order valence-corrected chi connectivity index (χ0v) is 27.5. The van der Waals surface area contributed by atoms with Gasteiger partial charge in [-0.3, -0.25) is 0 Å². The third-order valence-corrected chi connectivity index (χ3v) is 9.69. The highest BCUT2D eigenvalue weighted by atomic mass is 16.3. The van der Waals surface area contributed by atoms with Crippen LogP contribution < -0.4 is 0 Å². The zero-order valence-electron chi connectivity index (χ0n) is 27.5. The van der Waals surface area contributed by atoms with Gasteiger partial charge in [-0.25, -0.2) is 15.0 Å². The highest BCUT2D eigenvalue weighted by molar-refractivity contribution is 6.06. The molecule has 0 saturated carbocycles. The summed E-state index contributed by atoms with van der Waals surface area (Å²) in [5.74, 6) is 1.89. The molecule has 0 N–H and O–H groups in total. The molecule has 10 rings (SSSR count). The summed E-state index contributed by atoms with van der Waals surface area (Å²) in [6.45, 7) is 0. The van der Waals surface area contributed by atoms with Gasteiger partial charge in [0.2, 0.25) is 0 Å². The van der Waals surface area contributed by atoms with Crippen LogP contribution >= 0.6 is 0 Å². The molecule has 0 aliphatic heterocycles. The molecule has 8 aromatic carbocycles. The lowest BCUT2D eigenvalue weighted by atomic mass is 9.95. The normalized spacial score (nSPS) is 11.5. The molecule has 0 fully saturated rings. The second-order valence-electron chi connectivity index (χ2n) is 12.9. The minimum absolute atomic E-state index is 0.626. The van der Waals surface area contributed by atoms with Crippen LogP contribution in [0.4, 0.5) is 0 Å². The molecule has 0 aliphatic carbocycles. The van der Waals surface area contributed by atoms with Crippen molar-refractivity contribution in [1.82, 2.24) is 15.0 Å². The van der Waals surface area contributed by atoms with E-state index in [1.807, 2.05) is 54.6 Å². The maximum absolute atomic E-state index is 6.27. The first kappa shape index (κ1) is 29.0. The molecule has 0 bridgehead atoms. The smallest absolute Gasteiger partial charge is 0.164 e. The highest BCUT2D eigenvalue weighted by Crippen LogP contribution is 2.37. The van der Waals surface area contributed by atoms with E-state index >= 15 is 0 Å². The molecule has 4 heteroatoms. The van der Waals surface area contributed by atoms with Crippen molar-refractivity contribution in [3.05, 3.63) is 176 Å². The van der Waals surface area contributed by atoms with Crippen LogP contribution in [0, 0.1) is 0 Å². The number of rotatable bonds is 5. The van der Waals surface area contributed by atoms with Crippen LogP contribution in [0.15, 0.2) is 180 Å². The van der Waals surface area contributed by atoms with Gasteiger partial charge in [0.05, 0.1) is 0 Å². The SMILES string of the molecule is c1ccc(-c2ccc3cc(-c4nc(-c5ccccc5)nc(-c5cc(-c6ccc7c(c6)oc6ccccc67)cc6ccccc56)n4)ccc3c2)cc1. The van der Waals surface area contributed by atoms with Gasteiger partial charge >= 0.3 is 0 Å². The summed E-state index contributed by atoms with van der Waals surface area (Å²) >= 11 is 0. The summed E-state index contributed by atoms with van der Waals surface area (Å²) in [5, 5.41) is 6.71. The standard InChI is InChI=1S/C47H29N3O/c1-3-11-30(12-4-1)32-19-20-34-26-37(22-21-33(34)25-32)46-48-45(31-13-5-2-6-14-31)49-47(50-46)42-28-38(27-36-15-7-8-16-39(36)42)35-23-24-41-40-17-9-10-18-43(40)51-44(41)29-35/h1-29H. The Labute approximate surface area is 294 Å². The molecular weight excluding hydrogens is 623 g/mol. The maximum atomic E-state index is 6.27. The Bertz CT molecular complexity index is 2910. The van der Waals surface area contributed by atoms with Crippen molar-refractivity contribution < 1.29 is 4.42 Å². The lowest BCUT2D eigenvalue weighted by molar-refractivity contribution is 0.669. The Morgan fingerprint density at radius 1 is 0.294 bits per heavy atom. The number of aromatic nitrogens is 3. The largest absolute Gasteiger partial charge is 0.456 e. The van der Waals surface area contributed by atoms with Gasteiger partial charge in [-0.15, -0.1) is 0 Å². The number of hydrogen-bond acceptors (Lipinski definition) is 4. The summed E-state index contributed by atoms with van der Waals surface area (Å²) in [4.78, 5) is 15.4. The van der Waals surface area contributed by atoms with Crippen LogP contribution in [0.3, 0.4) is 0 Å². The van der Waals surface area contributed by atoms with Crippen molar-refractivity contribution in [3.63, 3.8) is 0 Å². The molecule has 0 amide bonds. The Morgan fingerprint density at radius 2 is 0.843 bits per heavy atom. The fourth-order valence-electron chi connectivity index (χ4n) is 7.10. The summed E-state index contributed by atoms with van der Waals surface area (Å²) < 4.78 is 6.27. The summed E-state index contributed by atoms with van der Waals surface area (Å²) in [5.41, 5.74) is 9.09. The molecule has 0 aliphatic rings. The second kappa shape index (κ2) is 11.9. The Kier molecular flexibility index (Phi) is 6.78. The summed E-state index contributed by atoms with van der Waals surface area (Å²) in [6, 6.07) is 61.2. The van der Waals surface area contributed by atoms with Crippen molar-refractivity contribution in [2.24, 2.45) is 0 Å². The molecule has 51 heavy (non-hydrogen) atoms. The van der Waals surface area contributed by atoms with E-state index in [2.05, 4.69) is 121 Å². The van der Waals surface area contributed by atoms with Gasteiger partial charge in [0, 0.05) is 27.5 Å². The topological polar surface area (TPSA) is 51.8 Å². The fraction of sp³-hybridized carbons (Fsp3) is 0. The van der Waals surface area contributed by atoms with E-state index in [-0.39, 0.29) is 0 Å². The molecule has 0 spiro atoms. The fourth-order valence-corrected chi connectivity index (χ4v) is 7.10. The van der Waals surface area contributed by atoms with Crippen LogP contribution in [0.1, 0.15) is 0 Å². The van der Waals surface area contributed by atoms with Gasteiger partial charge < -0.3 is 4.42 Å². The minimum atomic E-state index is 0.626. The molecule has 10 aromatic rings. The number of nitrogens with zero attached hydrogens (tertiary/aromatic N) is 3. The zero-order chi connectivity index (χ0) is 33.7. The number of hydrogen-bond donors (Lipinski definition) is 0. The van der Waals surface area contributed by atoms with Gasteiger partial charge in [-0.2, -0.15) is 0 Å². The molecule has 0 atom stereocenters. The molecule has 0 saturated heterocycles. The van der Waals surface area contributed by atoms with E-state index in [1.165, 1.54) is 11.1 Å². The van der Waals surface area contributed by atoms with E-state index in [0.717, 1.165) is 71.3 Å².